The number of esters is 1. The van der Waals surface area contributed by atoms with Gasteiger partial charge in [-0.25, -0.2) is 4.79 Å². The second kappa shape index (κ2) is 10.0. The van der Waals surface area contributed by atoms with Gasteiger partial charge in [0.05, 0.1) is 19.9 Å². The molecular weight excluding hydrogens is 415 g/mol. The summed E-state index contributed by atoms with van der Waals surface area (Å²) in [5.41, 5.74) is 1.52. The molecule has 0 saturated carbocycles. The molecule has 4 rings (SSSR count). The number of pyridine rings is 1. The molecule has 1 heterocycles. The summed E-state index contributed by atoms with van der Waals surface area (Å²) in [5.74, 6) is -0.421. The van der Waals surface area contributed by atoms with Crippen LogP contribution in [0.3, 0.4) is 0 Å². The smallest absolute Gasteiger partial charge is 0.330 e. The standard InChI is InChI=1S/C27H23N2O2P/c1-31-27(30)18-17-22-21-28-20-19-26(22)29-32(23-11-5-2-6-12-23,24-13-7-3-8-14-24)25-15-9-4-10-16-25/h2-21H,1H3/b18-17+. The van der Waals surface area contributed by atoms with Crippen molar-refractivity contribution in [3.8, 4) is 0 Å². The largest absolute Gasteiger partial charge is 0.466 e. The van der Waals surface area contributed by atoms with Crippen LogP contribution in [-0.2, 0) is 9.53 Å². The summed E-state index contributed by atoms with van der Waals surface area (Å²) in [6.07, 6.45) is 6.54. The van der Waals surface area contributed by atoms with Crippen molar-refractivity contribution in [1.82, 2.24) is 4.98 Å². The molecule has 4 nitrogen and oxygen atoms in total. The van der Waals surface area contributed by atoms with Gasteiger partial charge in [0.25, 0.3) is 0 Å². The lowest BCUT2D eigenvalue weighted by atomic mass is 10.2. The minimum atomic E-state index is -2.41. The third kappa shape index (κ3) is 4.46. The Bertz CT molecular complexity index is 1170. The second-order valence-electron chi connectivity index (χ2n) is 7.03. The summed E-state index contributed by atoms with van der Waals surface area (Å²) in [6.45, 7) is 0. The average molecular weight is 438 g/mol. The Hall–Kier alpha value is -3.75. The van der Waals surface area contributed by atoms with E-state index in [1.54, 1.807) is 18.5 Å². The minimum absolute atomic E-state index is 0.421. The number of hydrogen-bond donors (Lipinski definition) is 0. The summed E-state index contributed by atoms with van der Waals surface area (Å²) >= 11 is 0. The van der Waals surface area contributed by atoms with Crippen LogP contribution < -0.4 is 15.9 Å². The minimum Gasteiger partial charge on any atom is -0.466 e. The number of aromatic nitrogens is 1. The van der Waals surface area contributed by atoms with E-state index in [0.717, 1.165) is 27.2 Å². The topological polar surface area (TPSA) is 51.5 Å². The summed E-state index contributed by atoms with van der Waals surface area (Å²) < 4.78 is 10.2. The molecule has 1 aromatic heterocycles. The Balaban J connectivity index is 2.07. The number of carbonyl (C=O) groups is 1. The Morgan fingerprint density at radius 3 is 1.78 bits per heavy atom. The molecule has 0 aliphatic heterocycles. The molecule has 0 saturated heterocycles. The molecule has 0 aliphatic rings. The van der Waals surface area contributed by atoms with Crippen LogP contribution in [-0.4, -0.2) is 18.1 Å². The Kier molecular flexibility index (Phi) is 6.74. The SMILES string of the molecule is COC(=O)/C=C/c1cnccc1N=P(c1ccccc1)(c1ccccc1)c1ccccc1. The highest BCUT2D eigenvalue weighted by Crippen LogP contribution is 2.49. The highest BCUT2D eigenvalue weighted by molar-refractivity contribution is 7.87. The monoisotopic (exact) mass is 438 g/mol. The van der Waals surface area contributed by atoms with Crippen LogP contribution in [0.25, 0.3) is 6.08 Å². The van der Waals surface area contributed by atoms with E-state index in [9.17, 15) is 4.79 Å². The Morgan fingerprint density at radius 1 is 0.812 bits per heavy atom. The zero-order valence-corrected chi connectivity index (χ0v) is 18.6. The molecule has 0 amide bonds. The molecule has 4 aromatic rings. The predicted molar refractivity (Wildman–Crippen MR) is 133 cm³/mol. The summed E-state index contributed by atoms with van der Waals surface area (Å²) in [5, 5.41) is 3.45. The Morgan fingerprint density at radius 2 is 1.31 bits per heavy atom. The van der Waals surface area contributed by atoms with Gasteiger partial charge in [0.2, 0.25) is 0 Å². The number of carbonyl (C=O) groups excluding carboxylic acids is 1. The number of rotatable bonds is 6. The molecule has 0 unspecified atom stereocenters. The van der Waals surface area contributed by atoms with Gasteiger partial charge in [0.15, 0.2) is 0 Å². The van der Waals surface area contributed by atoms with Gasteiger partial charge in [0.1, 0.15) is 0 Å². The fraction of sp³-hybridized carbons (Fsp3) is 0.0370. The molecule has 3 aromatic carbocycles. The van der Waals surface area contributed by atoms with Crippen molar-refractivity contribution >= 4 is 40.7 Å². The van der Waals surface area contributed by atoms with E-state index in [1.807, 2.05) is 24.3 Å². The highest BCUT2D eigenvalue weighted by Gasteiger charge is 2.27. The van der Waals surface area contributed by atoms with E-state index in [0.29, 0.717) is 0 Å². The second-order valence-corrected chi connectivity index (χ2v) is 10.1. The van der Waals surface area contributed by atoms with Crippen molar-refractivity contribution in [1.29, 1.82) is 0 Å². The first-order valence-corrected chi connectivity index (χ1v) is 12.0. The fourth-order valence-electron chi connectivity index (χ4n) is 3.56. The lowest BCUT2D eigenvalue weighted by molar-refractivity contribution is -0.134. The van der Waals surface area contributed by atoms with E-state index in [-0.39, 0.29) is 0 Å². The van der Waals surface area contributed by atoms with Crippen molar-refractivity contribution in [3.05, 3.63) is 121 Å². The van der Waals surface area contributed by atoms with Crippen LogP contribution in [0.1, 0.15) is 5.56 Å². The lowest BCUT2D eigenvalue weighted by Gasteiger charge is -2.27. The zero-order valence-electron chi connectivity index (χ0n) is 17.7. The van der Waals surface area contributed by atoms with Crippen molar-refractivity contribution in [2.45, 2.75) is 0 Å². The fourth-order valence-corrected chi connectivity index (χ4v) is 7.11. The maximum absolute atomic E-state index is 11.7. The van der Waals surface area contributed by atoms with Gasteiger partial charge in [-0.05, 0) is 12.1 Å². The molecule has 5 heteroatoms. The van der Waals surface area contributed by atoms with Gasteiger partial charge in [-0.2, -0.15) is 0 Å². The van der Waals surface area contributed by atoms with Gasteiger partial charge in [0, 0.05) is 39.9 Å². The molecule has 0 aliphatic carbocycles. The van der Waals surface area contributed by atoms with Crippen LogP contribution in [0.15, 0.2) is 120 Å². The quantitative estimate of drug-likeness (QED) is 0.240. The number of benzene rings is 3. The average Bonchev–Trinajstić information content (AvgIpc) is 2.88. The van der Waals surface area contributed by atoms with Crippen molar-refractivity contribution in [2.75, 3.05) is 7.11 Å². The first-order valence-electron chi connectivity index (χ1n) is 10.2. The lowest BCUT2D eigenvalue weighted by Crippen LogP contribution is -2.25. The number of nitrogens with zero attached hydrogens (tertiary/aromatic N) is 2. The Labute approximate surface area is 188 Å². The van der Waals surface area contributed by atoms with Crippen LogP contribution in [0.5, 0.6) is 0 Å². The summed E-state index contributed by atoms with van der Waals surface area (Å²) in [4.78, 5) is 15.9. The zero-order chi connectivity index (χ0) is 22.2. The molecule has 0 N–H and O–H groups in total. The van der Waals surface area contributed by atoms with Gasteiger partial charge in [-0.3, -0.25) is 9.73 Å². The van der Waals surface area contributed by atoms with Gasteiger partial charge in [-0.1, -0.05) is 91.0 Å². The van der Waals surface area contributed by atoms with Crippen LogP contribution in [0.4, 0.5) is 5.69 Å². The molecule has 0 bridgehead atoms. The maximum Gasteiger partial charge on any atom is 0.330 e. The molecular formula is C27H23N2O2P. The van der Waals surface area contributed by atoms with E-state index in [2.05, 4.69) is 77.8 Å². The number of hydrogen-bond acceptors (Lipinski definition) is 4. The normalized spacial score (nSPS) is 11.3. The van der Waals surface area contributed by atoms with E-state index < -0.39 is 13.0 Å². The summed E-state index contributed by atoms with van der Waals surface area (Å²) in [7, 11) is -1.05. The van der Waals surface area contributed by atoms with Crippen molar-refractivity contribution in [3.63, 3.8) is 0 Å². The number of methoxy groups -OCH3 is 1. The van der Waals surface area contributed by atoms with Gasteiger partial charge >= 0.3 is 5.97 Å². The highest BCUT2D eigenvalue weighted by atomic mass is 31.2. The molecule has 32 heavy (non-hydrogen) atoms. The van der Waals surface area contributed by atoms with Crippen LogP contribution >= 0.6 is 7.05 Å². The third-order valence-electron chi connectivity index (χ3n) is 5.08. The summed E-state index contributed by atoms with van der Waals surface area (Å²) in [6, 6.07) is 33.1. The predicted octanol–water partition coefficient (Wildman–Crippen LogP) is 5.08. The number of ether oxygens (including phenoxy) is 1. The van der Waals surface area contributed by atoms with Gasteiger partial charge < -0.3 is 4.74 Å². The molecule has 0 radical (unpaired) electrons. The van der Waals surface area contributed by atoms with E-state index >= 15 is 0 Å². The van der Waals surface area contributed by atoms with Crippen molar-refractivity contribution < 1.29 is 9.53 Å². The maximum atomic E-state index is 11.7. The van der Waals surface area contributed by atoms with Crippen LogP contribution in [0.2, 0.25) is 0 Å². The van der Waals surface area contributed by atoms with Gasteiger partial charge in [-0.15, -0.1) is 0 Å². The first kappa shape index (κ1) is 21.5. The molecule has 0 atom stereocenters. The molecule has 0 fully saturated rings. The van der Waals surface area contributed by atoms with Crippen LogP contribution in [0, 0.1) is 0 Å². The molecule has 0 spiro atoms. The first-order chi connectivity index (χ1) is 15.7. The third-order valence-corrected chi connectivity index (χ3v) is 8.73. The van der Waals surface area contributed by atoms with Crippen molar-refractivity contribution in [2.24, 2.45) is 4.74 Å². The van der Waals surface area contributed by atoms with E-state index in [4.69, 9.17) is 9.48 Å². The van der Waals surface area contributed by atoms with E-state index in [1.165, 1.54) is 13.2 Å². The molecule has 158 valence electrons.